The van der Waals surface area contributed by atoms with Gasteiger partial charge in [-0.2, -0.15) is 0 Å². The van der Waals surface area contributed by atoms with Crippen molar-refractivity contribution in [3.63, 3.8) is 0 Å². The number of anilines is 1. The third kappa shape index (κ3) is 3.53. The molecule has 0 aliphatic heterocycles. The van der Waals surface area contributed by atoms with E-state index < -0.39 is 6.10 Å². The largest absolute Gasteiger partial charge is 0.384 e. The molecule has 1 atom stereocenters. The number of aliphatic hydroxyl groups excluding tert-OH is 1. The Hall–Kier alpha value is -2.91. The quantitative estimate of drug-likeness (QED) is 0.752. The molecule has 0 saturated carbocycles. The van der Waals surface area contributed by atoms with E-state index in [0.717, 1.165) is 16.8 Å². The zero-order valence-electron chi connectivity index (χ0n) is 13.4. The highest BCUT2D eigenvalue weighted by Crippen LogP contribution is 2.26. The number of hydrogen-bond acceptors (Lipinski definition) is 2. The molecular formula is C21H19NO2. The van der Waals surface area contributed by atoms with E-state index in [1.807, 2.05) is 67.6 Å². The first kappa shape index (κ1) is 16.0. The summed E-state index contributed by atoms with van der Waals surface area (Å²) in [5, 5.41) is 13.6. The Morgan fingerprint density at radius 2 is 1.50 bits per heavy atom. The van der Waals surface area contributed by atoms with Gasteiger partial charge in [0.1, 0.15) is 6.10 Å². The third-order valence-corrected chi connectivity index (χ3v) is 3.92. The Morgan fingerprint density at radius 1 is 0.875 bits per heavy atom. The van der Waals surface area contributed by atoms with E-state index in [0.29, 0.717) is 11.1 Å². The summed E-state index contributed by atoms with van der Waals surface area (Å²) in [5.41, 5.74) is 3.67. The van der Waals surface area contributed by atoms with Crippen LogP contribution in [0, 0.1) is 6.92 Å². The number of carbonyl (C=O) groups excluding carboxylic acids is 1. The molecule has 3 rings (SSSR count). The maximum Gasteiger partial charge on any atom is 0.256 e. The fourth-order valence-corrected chi connectivity index (χ4v) is 2.59. The number of benzene rings is 3. The molecule has 0 fully saturated rings. The summed E-state index contributed by atoms with van der Waals surface area (Å²) in [7, 11) is 0. The number of amides is 1. The van der Waals surface area contributed by atoms with Crippen molar-refractivity contribution in [1.82, 2.24) is 0 Å². The average Bonchev–Trinajstić information content (AvgIpc) is 2.62. The Morgan fingerprint density at radius 3 is 2.21 bits per heavy atom. The van der Waals surface area contributed by atoms with E-state index in [1.54, 1.807) is 18.2 Å². The van der Waals surface area contributed by atoms with Crippen LogP contribution in [0.3, 0.4) is 0 Å². The molecule has 0 heterocycles. The van der Waals surface area contributed by atoms with Crippen molar-refractivity contribution in [3.8, 4) is 0 Å². The Kier molecular flexibility index (Phi) is 4.73. The highest BCUT2D eigenvalue weighted by Gasteiger charge is 2.18. The van der Waals surface area contributed by atoms with Gasteiger partial charge in [0.25, 0.3) is 5.91 Å². The van der Waals surface area contributed by atoms with Gasteiger partial charge in [0.2, 0.25) is 0 Å². The Bertz CT molecular complexity index is 826. The van der Waals surface area contributed by atoms with Crippen LogP contribution >= 0.6 is 0 Å². The van der Waals surface area contributed by atoms with Crippen LogP contribution < -0.4 is 5.32 Å². The lowest BCUT2D eigenvalue weighted by Gasteiger charge is -2.16. The summed E-state index contributed by atoms with van der Waals surface area (Å²) < 4.78 is 0. The predicted molar refractivity (Wildman–Crippen MR) is 96.1 cm³/mol. The lowest BCUT2D eigenvalue weighted by atomic mass is 9.96. The first-order valence-electron chi connectivity index (χ1n) is 7.85. The van der Waals surface area contributed by atoms with Gasteiger partial charge in [-0.25, -0.2) is 0 Å². The van der Waals surface area contributed by atoms with Crippen molar-refractivity contribution in [2.75, 3.05) is 5.32 Å². The highest BCUT2D eigenvalue weighted by atomic mass is 16.3. The van der Waals surface area contributed by atoms with Crippen molar-refractivity contribution >= 4 is 11.6 Å². The van der Waals surface area contributed by atoms with Crippen molar-refractivity contribution in [3.05, 3.63) is 101 Å². The van der Waals surface area contributed by atoms with Gasteiger partial charge in [-0.15, -0.1) is 0 Å². The summed E-state index contributed by atoms with van der Waals surface area (Å²) >= 11 is 0. The van der Waals surface area contributed by atoms with Crippen molar-refractivity contribution in [2.45, 2.75) is 13.0 Å². The minimum atomic E-state index is -0.844. The summed E-state index contributed by atoms with van der Waals surface area (Å²) in [6, 6.07) is 24.1. The second-order valence-electron chi connectivity index (χ2n) is 5.72. The lowest BCUT2D eigenvalue weighted by Crippen LogP contribution is -2.16. The topological polar surface area (TPSA) is 49.3 Å². The first-order valence-corrected chi connectivity index (χ1v) is 7.85. The fourth-order valence-electron chi connectivity index (χ4n) is 2.59. The monoisotopic (exact) mass is 317 g/mol. The zero-order valence-corrected chi connectivity index (χ0v) is 13.4. The molecule has 0 saturated heterocycles. The van der Waals surface area contributed by atoms with Crippen LogP contribution in [-0.4, -0.2) is 11.0 Å². The molecule has 0 aromatic heterocycles. The van der Waals surface area contributed by atoms with Gasteiger partial charge < -0.3 is 10.4 Å². The van der Waals surface area contributed by atoms with E-state index in [2.05, 4.69) is 5.32 Å². The molecular weight excluding hydrogens is 298 g/mol. The smallest absolute Gasteiger partial charge is 0.256 e. The molecule has 24 heavy (non-hydrogen) atoms. The highest BCUT2D eigenvalue weighted by molar-refractivity contribution is 6.05. The van der Waals surface area contributed by atoms with Gasteiger partial charge in [-0.1, -0.05) is 66.2 Å². The van der Waals surface area contributed by atoms with Crippen molar-refractivity contribution < 1.29 is 9.90 Å². The van der Waals surface area contributed by atoms with E-state index in [1.165, 1.54) is 0 Å². The average molecular weight is 317 g/mol. The molecule has 0 spiro atoms. The van der Waals surface area contributed by atoms with Crippen molar-refractivity contribution in [2.24, 2.45) is 0 Å². The number of aliphatic hydroxyl groups is 1. The number of rotatable bonds is 4. The number of nitrogens with one attached hydrogen (secondary N) is 1. The van der Waals surface area contributed by atoms with Crippen LogP contribution in [0.4, 0.5) is 5.69 Å². The molecule has 0 bridgehead atoms. The van der Waals surface area contributed by atoms with Crippen LogP contribution in [0.1, 0.15) is 33.2 Å². The van der Waals surface area contributed by atoms with Gasteiger partial charge in [-0.05, 0) is 36.2 Å². The van der Waals surface area contributed by atoms with E-state index in [-0.39, 0.29) is 5.91 Å². The van der Waals surface area contributed by atoms with Gasteiger partial charge in [-0.3, -0.25) is 4.79 Å². The van der Waals surface area contributed by atoms with Gasteiger partial charge in [0.05, 0.1) is 0 Å². The number of hydrogen-bond donors (Lipinski definition) is 2. The number of aryl methyl sites for hydroxylation is 1. The molecule has 0 aliphatic carbocycles. The van der Waals surface area contributed by atoms with Crippen LogP contribution in [0.25, 0.3) is 0 Å². The first-order chi connectivity index (χ1) is 11.6. The molecule has 3 heteroatoms. The summed E-state index contributed by atoms with van der Waals surface area (Å²) in [4.78, 5) is 12.6. The summed E-state index contributed by atoms with van der Waals surface area (Å²) in [6.07, 6.45) is -0.844. The molecule has 3 aromatic rings. The maximum atomic E-state index is 12.6. The van der Waals surface area contributed by atoms with Crippen molar-refractivity contribution in [1.29, 1.82) is 0 Å². The molecule has 3 nitrogen and oxygen atoms in total. The summed E-state index contributed by atoms with van der Waals surface area (Å²) in [6.45, 7) is 2.00. The van der Waals surface area contributed by atoms with Gasteiger partial charge >= 0.3 is 0 Å². The number of para-hydroxylation sites is 1. The van der Waals surface area contributed by atoms with Crippen LogP contribution in [0.15, 0.2) is 78.9 Å². The Balaban J connectivity index is 1.90. The molecule has 1 unspecified atom stereocenters. The van der Waals surface area contributed by atoms with Gasteiger partial charge in [0.15, 0.2) is 0 Å². The molecule has 2 N–H and O–H groups in total. The normalized spacial score (nSPS) is 11.8. The Labute approximate surface area is 141 Å². The molecule has 0 radical (unpaired) electrons. The molecule has 120 valence electrons. The van der Waals surface area contributed by atoms with Crippen LogP contribution in [0.2, 0.25) is 0 Å². The molecule has 3 aromatic carbocycles. The second kappa shape index (κ2) is 7.11. The second-order valence-corrected chi connectivity index (χ2v) is 5.72. The predicted octanol–water partition coefficient (Wildman–Crippen LogP) is 4.33. The van der Waals surface area contributed by atoms with E-state index >= 15 is 0 Å². The van der Waals surface area contributed by atoms with Crippen LogP contribution in [0.5, 0.6) is 0 Å². The fraction of sp³-hybridized carbons (Fsp3) is 0.0952. The van der Waals surface area contributed by atoms with E-state index in [9.17, 15) is 9.90 Å². The van der Waals surface area contributed by atoms with Gasteiger partial charge in [0, 0.05) is 11.3 Å². The minimum absolute atomic E-state index is 0.233. The molecule has 0 aliphatic rings. The summed E-state index contributed by atoms with van der Waals surface area (Å²) in [5.74, 6) is -0.233. The lowest BCUT2D eigenvalue weighted by molar-refractivity contribution is 0.102. The van der Waals surface area contributed by atoms with Crippen LogP contribution in [-0.2, 0) is 0 Å². The standard InChI is InChI=1S/C21H19NO2/c1-15-11-13-16(14-12-15)20(23)18-9-5-6-10-19(18)21(24)22-17-7-3-2-4-8-17/h2-14,20,23H,1H3,(H,22,24). The molecule has 1 amide bonds. The number of carbonyl (C=O) groups is 1. The SMILES string of the molecule is Cc1ccc(C(O)c2ccccc2C(=O)Nc2ccccc2)cc1. The minimum Gasteiger partial charge on any atom is -0.384 e. The third-order valence-electron chi connectivity index (χ3n) is 3.92. The maximum absolute atomic E-state index is 12.6. The van der Waals surface area contributed by atoms with E-state index in [4.69, 9.17) is 0 Å². The zero-order chi connectivity index (χ0) is 16.9.